The molecule has 0 saturated heterocycles. The highest BCUT2D eigenvalue weighted by Crippen LogP contribution is 2.33. The molecule has 4 N–H and O–H groups in total. The molecule has 3 atom stereocenters. The molecule has 0 spiro atoms. The van der Waals surface area contributed by atoms with Crippen molar-refractivity contribution in [1.29, 1.82) is 0 Å². The molecule has 1 aromatic heterocycles. The maximum absolute atomic E-state index is 12.6. The Morgan fingerprint density at radius 1 is 1.45 bits per heavy atom. The summed E-state index contributed by atoms with van der Waals surface area (Å²) in [4.78, 5) is 12.6. The highest BCUT2D eigenvalue weighted by molar-refractivity contribution is 5.80. The van der Waals surface area contributed by atoms with Gasteiger partial charge in [0, 0.05) is 5.54 Å². The molecule has 0 bridgehead atoms. The molecule has 1 fully saturated rings. The van der Waals surface area contributed by atoms with Gasteiger partial charge in [-0.05, 0) is 44.6 Å². The maximum Gasteiger partial charge on any atom is 0.225 e. The van der Waals surface area contributed by atoms with E-state index in [0.29, 0.717) is 0 Å². The van der Waals surface area contributed by atoms with E-state index < -0.39 is 0 Å². The lowest BCUT2D eigenvalue weighted by atomic mass is 9.74. The molecule has 0 aliphatic heterocycles. The third kappa shape index (κ3) is 2.46. The number of carbonyl (C=O) groups is 1. The van der Waals surface area contributed by atoms with E-state index in [9.17, 15) is 4.79 Å². The smallest absolute Gasteiger partial charge is 0.225 e. The van der Waals surface area contributed by atoms with Crippen LogP contribution in [0.2, 0.25) is 0 Å². The van der Waals surface area contributed by atoms with E-state index in [1.165, 1.54) is 5.56 Å². The molecule has 1 amide bonds. The van der Waals surface area contributed by atoms with Crippen LogP contribution in [-0.4, -0.2) is 21.6 Å². The maximum atomic E-state index is 12.6. The molecule has 3 rings (SSSR count). The van der Waals surface area contributed by atoms with E-state index in [1.807, 2.05) is 13.1 Å². The molecule has 3 unspecified atom stereocenters. The number of rotatable bonds is 2. The Morgan fingerprint density at radius 2 is 2.30 bits per heavy atom. The minimum atomic E-state index is -0.367. The van der Waals surface area contributed by atoms with Crippen molar-refractivity contribution in [2.45, 2.75) is 63.5 Å². The van der Waals surface area contributed by atoms with Crippen LogP contribution < -0.4 is 11.1 Å². The molecule has 5 nitrogen and oxygen atoms in total. The van der Waals surface area contributed by atoms with Gasteiger partial charge in [0.15, 0.2) is 0 Å². The Morgan fingerprint density at radius 3 is 3.10 bits per heavy atom. The molecule has 2 aliphatic rings. The van der Waals surface area contributed by atoms with Gasteiger partial charge < -0.3 is 11.1 Å². The predicted octanol–water partition coefficient (Wildman–Crippen LogP) is 1.81. The van der Waals surface area contributed by atoms with E-state index >= 15 is 0 Å². The van der Waals surface area contributed by atoms with Crippen molar-refractivity contribution >= 4 is 5.91 Å². The Hall–Kier alpha value is -1.36. The molecule has 0 radical (unpaired) electrons. The zero-order chi connectivity index (χ0) is 14.2. The van der Waals surface area contributed by atoms with Crippen molar-refractivity contribution in [2.24, 2.45) is 11.7 Å². The van der Waals surface area contributed by atoms with Gasteiger partial charge in [-0.2, -0.15) is 5.10 Å². The number of hydrogen-bond acceptors (Lipinski definition) is 3. The first-order valence-electron chi connectivity index (χ1n) is 7.69. The number of H-pyrrole nitrogens is 1. The van der Waals surface area contributed by atoms with Crippen molar-refractivity contribution < 1.29 is 4.79 Å². The lowest BCUT2D eigenvalue weighted by molar-refractivity contribution is -0.129. The highest BCUT2D eigenvalue weighted by Gasteiger charge is 2.38. The van der Waals surface area contributed by atoms with E-state index in [-0.39, 0.29) is 23.4 Å². The number of aromatic nitrogens is 2. The van der Waals surface area contributed by atoms with Gasteiger partial charge in [0.2, 0.25) is 5.91 Å². The summed E-state index contributed by atoms with van der Waals surface area (Å²) >= 11 is 0. The SMILES string of the molecule is CC1(N)CCCCC1C(=O)NC1CCCc2cn[nH]c21. The van der Waals surface area contributed by atoms with Gasteiger partial charge in [0.1, 0.15) is 0 Å². The average molecular weight is 276 g/mol. The first-order chi connectivity index (χ1) is 9.58. The monoisotopic (exact) mass is 276 g/mol. The molecular weight excluding hydrogens is 252 g/mol. The second kappa shape index (κ2) is 5.20. The second-order valence-electron chi connectivity index (χ2n) is 6.57. The lowest BCUT2D eigenvalue weighted by Gasteiger charge is -2.38. The zero-order valence-corrected chi connectivity index (χ0v) is 12.1. The lowest BCUT2D eigenvalue weighted by Crippen LogP contribution is -2.53. The first-order valence-corrected chi connectivity index (χ1v) is 7.69. The van der Waals surface area contributed by atoms with Gasteiger partial charge >= 0.3 is 0 Å². The third-order valence-corrected chi connectivity index (χ3v) is 4.93. The van der Waals surface area contributed by atoms with Crippen molar-refractivity contribution in [3.05, 3.63) is 17.5 Å². The van der Waals surface area contributed by atoms with Crippen molar-refractivity contribution in [3.8, 4) is 0 Å². The van der Waals surface area contributed by atoms with Crippen LogP contribution in [0, 0.1) is 5.92 Å². The molecule has 20 heavy (non-hydrogen) atoms. The largest absolute Gasteiger partial charge is 0.347 e. The zero-order valence-electron chi connectivity index (χ0n) is 12.1. The predicted molar refractivity (Wildman–Crippen MR) is 77.0 cm³/mol. The first kappa shape index (κ1) is 13.6. The van der Waals surface area contributed by atoms with Crippen LogP contribution in [0.15, 0.2) is 6.20 Å². The quantitative estimate of drug-likeness (QED) is 0.770. The average Bonchev–Trinajstić information content (AvgIpc) is 2.87. The van der Waals surface area contributed by atoms with Crippen LogP contribution >= 0.6 is 0 Å². The molecule has 1 aromatic rings. The van der Waals surface area contributed by atoms with Gasteiger partial charge in [-0.3, -0.25) is 9.89 Å². The normalized spacial score (nSPS) is 33.5. The summed E-state index contributed by atoms with van der Waals surface area (Å²) in [7, 11) is 0. The van der Waals surface area contributed by atoms with Crippen molar-refractivity contribution in [1.82, 2.24) is 15.5 Å². The summed E-state index contributed by atoms with van der Waals surface area (Å²) < 4.78 is 0. The van der Waals surface area contributed by atoms with Gasteiger partial charge in [0.05, 0.1) is 23.9 Å². The summed E-state index contributed by atoms with van der Waals surface area (Å²) in [5.74, 6) is 0.0479. The topological polar surface area (TPSA) is 83.8 Å². The van der Waals surface area contributed by atoms with E-state index in [2.05, 4.69) is 15.5 Å². The minimum Gasteiger partial charge on any atom is -0.347 e. The molecule has 5 heteroatoms. The molecule has 1 saturated carbocycles. The Kier molecular flexibility index (Phi) is 3.54. The van der Waals surface area contributed by atoms with Crippen LogP contribution in [0.25, 0.3) is 0 Å². The fourth-order valence-electron chi connectivity index (χ4n) is 3.67. The number of amides is 1. The van der Waals surface area contributed by atoms with Crippen LogP contribution in [0.5, 0.6) is 0 Å². The molecule has 1 heterocycles. The standard InChI is InChI=1S/C15H24N4O/c1-15(16)8-3-2-6-11(15)14(20)18-12-7-4-5-10-9-17-19-13(10)12/h9,11-12H,2-8,16H2,1H3,(H,17,19)(H,18,20). The van der Waals surface area contributed by atoms with Gasteiger partial charge in [-0.15, -0.1) is 0 Å². The third-order valence-electron chi connectivity index (χ3n) is 4.93. The summed E-state index contributed by atoms with van der Waals surface area (Å²) in [5, 5.41) is 10.3. The number of nitrogens with zero attached hydrogens (tertiary/aromatic N) is 1. The number of nitrogens with one attached hydrogen (secondary N) is 2. The van der Waals surface area contributed by atoms with E-state index in [4.69, 9.17) is 5.73 Å². The van der Waals surface area contributed by atoms with E-state index in [1.54, 1.807) is 0 Å². The van der Waals surface area contributed by atoms with Crippen molar-refractivity contribution in [2.75, 3.05) is 0 Å². The number of hydrogen-bond donors (Lipinski definition) is 3. The Labute approximate surface area is 119 Å². The molecular formula is C15H24N4O. The van der Waals surface area contributed by atoms with Crippen LogP contribution in [0.3, 0.4) is 0 Å². The van der Waals surface area contributed by atoms with Crippen molar-refractivity contribution in [3.63, 3.8) is 0 Å². The number of aryl methyl sites for hydroxylation is 1. The Bertz CT molecular complexity index is 494. The number of aromatic amines is 1. The fourth-order valence-corrected chi connectivity index (χ4v) is 3.67. The summed E-state index contributed by atoms with van der Waals surface area (Å²) in [6, 6.07) is 0.0754. The fraction of sp³-hybridized carbons (Fsp3) is 0.733. The number of fused-ring (bicyclic) bond motifs is 1. The summed E-state index contributed by atoms with van der Waals surface area (Å²) in [5.41, 5.74) is 8.27. The highest BCUT2D eigenvalue weighted by atomic mass is 16.2. The van der Waals surface area contributed by atoms with Crippen LogP contribution in [0.4, 0.5) is 0 Å². The number of nitrogens with two attached hydrogens (primary N) is 1. The second-order valence-corrected chi connectivity index (χ2v) is 6.57. The molecule has 0 aromatic carbocycles. The minimum absolute atomic E-state index is 0.0652. The van der Waals surface area contributed by atoms with Crippen LogP contribution in [0.1, 0.15) is 62.7 Å². The molecule has 2 aliphatic carbocycles. The van der Waals surface area contributed by atoms with Gasteiger partial charge in [-0.25, -0.2) is 0 Å². The van der Waals surface area contributed by atoms with Gasteiger partial charge in [-0.1, -0.05) is 12.8 Å². The number of carbonyl (C=O) groups excluding carboxylic acids is 1. The Balaban J connectivity index is 1.71. The summed E-state index contributed by atoms with van der Waals surface area (Å²) in [6.07, 6.45) is 9.08. The van der Waals surface area contributed by atoms with Crippen LogP contribution in [-0.2, 0) is 11.2 Å². The summed E-state index contributed by atoms with van der Waals surface area (Å²) in [6.45, 7) is 2.01. The van der Waals surface area contributed by atoms with Gasteiger partial charge in [0.25, 0.3) is 0 Å². The van der Waals surface area contributed by atoms with E-state index in [0.717, 1.165) is 50.6 Å². The molecule has 110 valence electrons.